The van der Waals surface area contributed by atoms with E-state index in [1.54, 1.807) is 0 Å². The number of hydrogen-bond acceptors (Lipinski definition) is 6. The number of aromatic nitrogens is 3. The van der Waals surface area contributed by atoms with Crippen LogP contribution in [-0.2, 0) is 12.1 Å². The molecule has 5 rings (SSSR count). The molecule has 3 aromatic carbocycles. The maximum absolute atomic E-state index is 14.7. The second-order valence-corrected chi connectivity index (χ2v) is 9.70. The van der Waals surface area contributed by atoms with Gasteiger partial charge in [-0.25, -0.2) is 18.4 Å². The number of piperazine rings is 1. The molecule has 0 amide bonds. The van der Waals surface area contributed by atoms with E-state index in [-0.39, 0.29) is 18.7 Å². The Morgan fingerprint density at radius 2 is 1.68 bits per heavy atom. The predicted molar refractivity (Wildman–Crippen MR) is 144 cm³/mol. The van der Waals surface area contributed by atoms with Crippen LogP contribution in [0.2, 0.25) is 0 Å². The number of halogens is 2. The average molecular weight is 517 g/mol. The molecule has 1 fully saturated rings. The summed E-state index contributed by atoms with van der Waals surface area (Å²) < 4.78 is 29.8. The molecule has 0 radical (unpaired) electrons. The molecule has 7 nitrogen and oxygen atoms in total. The van der Waals surface area contributed by atoms with Crippen LogP contribution in [0.1, 0.15) is 16.7 Å². The number of aryl methyl sites for hydroxylation is 1. The zero-order chi connectivity index (χ0) is 26.5. The van der Waals surface area contributed by atoms with Crippen molar-refractivity contribution in [3.8, 4) is 0 Å². The first-order valence-electron chi connectivity index (χ1n) is 12.6. The van der Waals surface area contributed by atoms with Gasteiger partial charge < -0.3 is 10.0 Å². The van der Waals surface area contributed by atoms with Crippen LogP contribution in [0.3, 0.4) is 0 Å². The fourth-order valence-electron chi connectivity index (χ4n) is 4.75. The number of nitrogens with zero attached hydrogens (tertiary/aromatic N) is 6. The number of aliphatic imine (C=N–C) groups is 1. The zero-order valence-corrected chi connectivity index (χ0v) is 21.2. The molecule has 0 spiro atoms. The second-order valence-electron chi connectivity index (χ2n) is 9.70. The monoisotopic (exact) mass is 516 g/mol. The summed E-state index contributed by atoms with van der Waals surface area (Å²) in [5.41, 5.74) is 2.69. The highest BCUT2D eigenvalue weighted by atomic mass is 19.1. The Kier molecular flexibility index (Phi) is 7.57. The molecule has 1 unspecified atom stereocenters. The number of β-amino-alcohol motifs (C(OH)–C–C–N with tert-alkyl or cyclic N) is 1. The second kappa shape index (κ2) is 11.2. The third-order valence-corrected chi connectivity index (χ3v) is 6.84. The number of benzene rings is 3. The molecule has 1 aliphatic rings. The van der Waals surface area contributed by atoms with Crippen molar-refractivity contribution < 1.29 is 13.9 Å². The van der Waals surface area contributed by atoms with E-state index in [1.807, 2.05) is 30.5 Å². The fourth-order valence-corrected chi connectivity index (χ4v) is 4.75. The van der Waals surface area contributed by atoms with Gasteiger partial charge in [0.1, 0.15) is 29.9 Å². The van der Waals surface area contributed by atoms with Crippen molar-refractivity contribution in [1.82, 2.24) is 19.7 Å². The van der Waals surface area contributed by atoms with Crippen LogP contribution in [-0.4, -0.2) is 63.7 Å². The Bertz CT molecular complexity index is 1370. The normalized spacial score (nSPS) is 16.2. The highest BCUT2D eigenvalue weighted by Crippen LogP contribution is 2.29. The first kappa shape index (κ1) is 25.7. The Labute approximate surface area is 220 Å². The van der Waals surface area contributed by atoms with E-state index in [0.29, 0.717) is 13.1 Å². The van der Waals surface area contributed by atoms with E-state index in [2.05, 4.69) is 56.1 Å². The quantitative estimate of drug-likeness (QED) is 0.353. The van der Waals surface area contributed by atoms with Crippen LogP contribution in [0.5, 0.6) is 0 Å². The number of rotatable bonds is 8. The van der Waals surface area contributed by atoms with Gasteiger partial charge in [-0.3, -0.25) is 9.89 Å². The summed E-state index contributed by atoms with van der Waals surface area (Å²) in [6.45, 7) is 5.08. The summed E-state index contributed by atoms with van der Waals surface area (Å²) >= 11 is 0. The molecule has 1 aromatic heterocycles. The molecule has 1 N–H and O–H groups in total. The third-order valence-electron chi connectivity index (χ3n) is 6.84. The van der Waals surface area contributed by atoms with Crippen molar-refractivity contribution in [2.45, 2.75) is 19.1 Å². The lowest BCUT2D eigenvalue weighted by molar-refractivity contribution is -0.0227. The van der Waals surface area contributed by atoms with E-state index < -0.39 is 17.2 Å². The molecule has 0 bridgehead atoms. The zero-order valence-electron chi connectivity index (χ0n) is 21.2. The van der Waals surface area contributed by atoms with E-state index >= 15 is 0 Å². The minimum absolute atomic E-state index is 0.000332. The lowest BCUT2D eigenvalue weighted by Gasteiger charge is -2.40. The Morgan fingerprint density at radius 1 is 0.947 bits per heavy atom. The van der Waals surface area contributed by atoms with Crippen molar-refractivity contribution in [2.24, 2.45) is 4.99 Å². The summed E-state index contributed by atoms with van der Waals surface area (Å²) in [6, 6.07) is 19.6. The standard InChI is InChI=1S/C29H30F2N6O/c1-22-2-4-23(5-3-22)17-33-25-7-9-26(10-8-25)36-14-12-35(13-15-36)18-29(38,19-37-21-32-20-34-37)27-11-6-24(30)16-28(27)31/h2-11,16-17,20-21,38H,12-15,18-19H2,1H3. The summed E-state index contributed by atoms with van der Waals surface area (Å²) in [5, 5.41) is 15.7. The topological polar surface area (TPSA) is 69.8 Å². The van der Waals surface area contributed by atoms with Gasteiger partial charge in [0.15, 0.2) is 0 Å². The van der Waals surface area contributed by atoms with Gasteiger partial charge in [-0.05, 0) is 42.8 Å². The van der Waals surface area contributed by atoms with Crippen LogP contribution < -0.4 is 4.90 Å². The van der Waals surface area contributed by atoms with Crippen molar-refractivity contribution in [1.29, 1.82) is 0 Å². The molecule has 38 heavy (non-hydrogen) atoms. The van der Waals surface area contributed by atoms with Crippen molar-refractivity contribution >= 4 is 17.6 Å². The molecule has 1 saturated heterocycles. The lowest BCUT2D eigenvalue weighted by Crippen LogP contribution is -2.52. The molecule has 196 valence electrons. The summed E-state index contributed by atoms with van der Waals surface area (Å²) in [6.07, 6.45) is 4.69. The Morgan fingerprint density at radius 3 is 2.34 bits per heavy atom. The summed E-state index contributed by atoms with van der Waals surface area (Å²) in [7, 11) is 0. The van der Waals surface area contributed by atoms with Gasteiger partial charge >= 0.3 is 0 Å². The lowest BCUT2D eigenvalue weighted by atomic mass is 9.92. The van der Waals surface area contributed by atoms with Gasteiger partial charge in [0.2, 0.25) is 0 Å². The van der Waals surface area contributed by atoms with Crippen LogP contribution in [0.25, 0.3) is 0 Å². The van der Waals surface area contributed by atoms with Gasteiger partial charge in [-0.1, -0.05) is 35.9 Å². The molecule has 0 saturated carbocycles. The Balaban J connectivity index is 1.22. The predicted octanol–water partition coefficient (Wildman–Crippen LogP) is 4.33. The van der Waals surface area contributed by atoms with Crippen LogP contribution in [0.4, 0.5) is 20.2 Å². The molecule has 9 heteroatoms. The van der Waals surface area contributed by atoms with E-state index in [9.17, 15) is 13.9 Å². The fraction of sp³-hybridized carbons (Fsp3) is 0.276. The maximum Gasteiger partial charge on any atom is 0.137 e. The van der Waals surface area contributed by atoms with E-state index in [0.717, 1.165) is 42.2 Å². The van der Waals surface area contributed by atoms with Crippen molar-refractivity contribution in [2.75, 3.05) is 37.6 Å². The highest BCUT2D eigenvalue weighted by Gasteiger charge is 2.36. The van der Waals surface area contributed by atoms with E-state index in [4.69, 9.17) is 0 Å². The minimum atomic E-state index is -1.61. The number of anilines is 1. The molecule has 0 aliphatic carbocycles. The molecule has 4 aromatic rings. The van der Waals surface area contributed by atoms with Crippen molar-refractivity contribution in [3.63, 3.8) is 0 Å². The molecular formula is C29H30F2N6O. The van der Waals surface area contributed by atoms with Crippen LogP contribution in [0.15, 0.2) is 84.4 Å². The van der Waals surface area contributed by atoms with Gasteiger partial charge in [0.25, 0.3) is 0 Å². The van der Waals surface area contributed by atoms with Gasteiger partial charge in [-0.2, -0.15) is 5.10 Å². The minimum Gasteiger partial charge on any atom is -0.382 e. The van der Waals surface area contributed by atoms with Gasteiger partial charge in [0.05, 0.1) is 12.2 Å². The molecular weight excluding hydrogens is 486 g/mol. The first-order valence-corrected chi connectivity index (χ1v) is 12.6. The highest BCUT2D eigenvalue weighted by molar-refractivity contribution is 5.82. The summed E-state index contributed by atoms with van der Waals surface area (Å²) in [5.74, 6) is -1.47. The summed E-state index contributed by atoms with van der Waals surface area (Å²) in [4.78, 5) is 12.9. The first-order chi connectivity index (χ1) is 18.4. The molecule has 1 atom stereocenters. The SMILES string of the molecule is Cc1ccc(C=Nc2ccc(N3CCN(CC(O)(Cn4cncn4)c4ccc(F)cc4F)CC3)cc2)cc1. The van der Waals surface area contributed by atoms with Crippen LogP contribution in [0, 0.1) is 18.6 Å². The number of aliphatic hydroxyl groups is 1. The molecule has 1 aliphatic heterocycles. The van der Waals surface area contributed by atoms with E-state index in [1.165, 1.54) is 29.0 Å². The van der Waals surface area contributed by atoms with Crippen LogP contribution >= 0.6 is 0 Å². The third kappa shape index (κ3) is 6.12. The maximum atomic E-state index is 14.7. The van der Waals surface area contributed by atoms with Gasteiger partial charge in [-0.15, -0.1) is 0 Å². The average Bonchev–Trinajstić information content (AvgIpc) is 3.42. The van der Waals surface area contributed by atoms with Gasteiger partial charge in [0, 0.05) is 56.3 Å². The number of hydrogen-bond donors (Lipinski definition) is 1. The van der Waals surface area contributed by atoms with Crippen molar-refractivity contribution in [3.05, 3.63) is 108 Å². The molecule has 2 heterocycles. The largest absolute Gasteiger partial charge is 0.382 e. The Hall–Kier alpha value is -3.95. The smallest absolute Gasteiger partial charge is 0.137 e.